The number of anilines is 1. The summed E-state index contributed by atoms with van der Waals surface area (Å²) in [6.45, 7) is 1.79. The van der Waals surface area contributed by atoms with E-state index in [4.69, 9.17) is 9.97 Å². The molecule has 4 nitrogen and oxygen atoms in total. The zero-order chi connectivity index (χ0) is 11.7. The standard InChI is InChI=1S/C13H20N4/c1-14-13-10-7-15-8-11(10)16-12(17-13)9-5-3-2-4-6-9/h9,15H,2-8H2,1H3,(H,14,16,17). The number of hydrogen-bond donors (Lipinski definition) is 2. The summed E-state index contributed by atoms with van der Waals surface area (Å²) in [4.78, 5) is 9.50. The van der Waals surface area contributed by atoms with Crippen molar-refractivity contribution in [2.24, 2.45) is 0 Å². The molecule has 0 atom stereocenters. The van der Waals surface area contributed by atoms with Gasteiger partial charge in [-0.1, -0.05) is 19.3 Å². The Balaban J connectivity index is 1.94. The van der Waals surface area contributed by atoms with Crippen LogP contribution in [0.5, 0.6) is 0 Å². The van der Waals surface area contributed by atoms with Gasteiger partial charge in [0, 0.05) is 31.6 Å². The summed E-state index contributed by atoms with van der Waals surface area (Å²) in [5.74, 6) is 2.68. The minimum atomic E-state index is 0.585. The van der Waals surface area contributed by atoms with Crippen LogP contribution in [0.25, 0.3) is 0 Å². The largest absolute Gasteiger partial charge is 0.373 e. The molecule has 0 aromatic carbocycles. The van der Waals surface area contributed by atoms with Crippen LogP contribution in [0.4, 0.5) is 5.82 Å². The molecule has 1 fully saturated rings. The highest BCUT2D eigenvalue weighted by molar-refractivity contribution is 5.48. The van der Waals surface area contributed by atoms with Gasteiger partial charge in [0.1, 0.15) is 11.6 Å². The van der Waals surface area contributed by atoms with E-state index in [0.717, 1.165) is 24.7 Å². The van der Waals surface area contributed by atoms with Gasteiger partial charge >= 0.3 is 0 Å². The molecular formula is C13H20N4. The first kappa shape index (κ1) is 11.0. The quantitative estimate of drug-likeness (QED) is 0.820. The minimum Gasteiger partial charge on any atom is -0.373 e. The summed E-state index contributed by atoms with van der Waals surface area (Å²) in [7, 11) is 1.95. The molecule has 0 spiro atoms. The number of rotatable bonds is 2. The highest BCUT2D eigenvalue weighted by Crippen LogP contribution is 2.32. The van der Waals surface area contributed by atoms with E-state index < -0.39 is 0 Å². The van der Waals surface area contributed by atoms with Crippen LogP contribution < -0.4 is 10.6 Å². The van der Waals surface area contributed by atoms with E-state index >= 15 is 0 Å². The van der Waals surface area contributed by atoms with Crippen LogP contribution in [-0.4, -0.2) is 17.0 Å². The molecule has 0 bridgehead atoms. The van der Waals surface area contributed by atoms with Gasteiger partial charge in [-0.05, 0) is 12.8 Å². The zero-order valence-electron chi connectivity index (χ0n) is 10.4. The van der Waals surface area contributed by atoms with Crippen molar-refractivity contribution in [2.75, 3.05) is 12.4 Å². The monoisotopic (exact) mass is 232 g/mol. The van der Waals surface area contributed by atoms with Gasteiger partial charge < -0.3 is 10.6 Å². The average Bonchev–Trinajstić information content (AvgIpc) is 2.86. The van der Waals surface area contributed by atoms with Crippen molar-refractivity contribution in [3.8, 4) is 0 Å². The Morgan fingerprint density at radius 3 is 2.71 bits per heavy atom. The lowest BCUT2D eigenvalue weighted by Gasteiger charge is -2.21. The average molecular weight is 232 g/mol. The highest BCUT2D eigenvalue weighted by atomic mass is 15.1. The number of nitrogens with one attached hydrogen (secondary N) is 2. The third-order valence-electron chi connectivity index (χ3n) is 3.91. The fourth-order valence-corrected chi connectivity index (χ4v) is 2.94. The summed E-state index contributed by atoms with van der Waals surface area (Å²) in [6.07, 6.45) is 6.56. The smallest absolute Gasteiger partial charge is 0.134 e. The normalized spacial score (nSPS) is 20.3. The van der Waals surface area contributed by atoms with Crippen molar-refractivity contribution in [1.82, 2.24) is 15.3 Å². The molecule has 0 amide bonds. The first-order valence-electron chi connectivity index (χ1n) is 6.66. The van der Waals surface area contributed by atoms with Gasteiger partial charge in [-0.3, -0.25) is 0 Å². The van der Waals surface area contributed by atoms with Gasteiger partial charge in [0.15, 0.2) is 0 Å². The first-order chi connectivity index (χ1) is 8.38. The second-order valence-corrected chi connectivity index (χ2v) is 5.04. The third-order valence-corrected chi connectivity index (χ3v) is 3.91. The van der Waals surface area contributed by atoms with Gasteiger partial charge in [-0.25, -0.2) is 9.97 Å². The van der Waals surface area contributed by atoms with Gasteiger partial charge in [0.25, 0.3) is 0 Å². The number of fused-ring (bicyclic) bond motifs is 1. The Bertz CT molecular complexity index is 410. The Kier molecular flexibility index (Phi) is 2.97. The van der Waals surface area contributed by atoms with Crippen LogP contribution in [0.1, 0.15) is 55.1 Å². The molecule has 2 N–H and O–H groups in total. The van der Waals surface area contributed by atoms with Crippen molar-refractivity contribution in [3.05, 3.63) is 17.1 Å². The van der Waals surface area contributed by atoms with E-state index in [1.807, 2.05) is 7.05 Å². The van der Waals surface area contributed by atoms with Crippen LogP contribution in [0.15, 0.2) is 0 Å². The van der Waals surface area contributed by atoms with Crippen molar-refractivity contribution in [1.29, 1.82) is 0 Å². The fraction of sp³-hybridized carbons (Fsp3) is 0.692. The summed E-state index contributed by atoms with van der Waals surface area (Å²) in [5.41, 5.74) is 2.46. The van der Waals surface area contributed by atoms with E-state index in [1.165, 1.54) is 43.4 Å². The molecule has 0 radical (unpaired) electrons. The van der Waals surface area contributed by atoms with E-state index in [2.05, 4.69) is 10.6 Å². The molecule has 92 valence electrons. The molecule has 1 aliphatic heterocycles. The van der Waals surface area contributed by atoms with Crippen LogP contribution >= 0.6 is 0 Å². The summed E-state index contributed by atoms with van der Waals surface area (Å²) in [6, 6.07) is 0. The highest BCUT2D eigenvalue weighted by Gasteiger charge is 2.23. The second-order valence-electron chi connectivity index (χ2n) is 5.04. The Morgan fingerprint density at radius 1 is 1.12 bits per heavy atom. The number of hydrogen-bond acceptors (Lipinski definition) is 4. The van der Waals surface area contributed by atoms with E-state index in [9.17, 15) is 0 Å². The van der Waals surface area contributed by atoms with E-state index in [-0.39, 0.29) is 0 Å². The molecule has 1 aliphatic carbocycles. The molecule has 1 saturated carbocycles. The van der Waals surface area contributed by atoms with E-state index in [0.29, 0.717) is 5.92 Å². The zero-order valence-corrected chi connectivity index (χ0v) is 10.4. The molecule has 4 heteroatoms. The second kappa shape index (κ2) is 4.61. The van der Waals surface area contributed by atoms with Crippen molar-refractivity contribution in [2.45, 2.75) is 51.1 Å². The molecule has 0 unspecified atom stereocenters. The maximum absolute atomic E-state index is 4.77. The molecule has 1 aromatic heterocycles. The molecule has 2 aliphatic rings. The minimum absolute atomic E-state index is 0.585. The molecule has 1 aromatic rings. The Hall–Kier alpha value is -1.16. The lowest BCUT2D eigenvalue weighted by atomic mass is 9.88. The molecular weight excluding hydrogens is 212 g/mol. The first-order valence-corrected chi connectivity index (χ1v) is 6.66. The van der Waals surface area contributed by atoms with Crippen LogP contribution in [0, 0.1) is 0 Å². The predicted molar refractivity (Wildman–Crippen MR) is 67.9 cm³/mol. The SMILES string of the molecule is CNc1nc(C2CCCCC2)nc2c1CNC2. The van der Waals surface area contributed by atoms with Crippen molar-refractivity contribution >= 4 is 5.82 Å². The summed E-state index contributed by atoms with van der Waals surface area (Å²) in [5, 5.41) is 6.57. The van der Waals surface area contributed by atoms with Crippen molar-refractivity contribution < 1.29 is 0 Å². The summed E-state index contributed by atoms with van der Waals surface area (Å²) < 4.78 is 0. The number of nitrogens with zero attached hydrogens (tertiary/aromatic N) is 2. The summed E-state index contributed by atoms with van der Waals surface area (Å²) >= 11 is 0. The molecule has 2 heterocycles. The van der Waals surface area contributed by atoms with Gasteiger partial charge in [0.2, 0.25) is 0 Å². The van der Waals surface area contributed by atoms with Crippen molar-refractivity contribution in [3.63, 3.8) is 0 Å². The Morgan fingerprint density at radius 2 is 1.94 bits per heavy atom. The van der Waals surface area contributed by atoms with E-state index in [1.54, 1.807) is 0 Å². The van der Waals surface area contributed by atoms with Gasteiger partial charge in [-0.15, -0.1) is 0 Å². The van der Waals surface area contributed by atoms with Crippen LogP contribution in [0.2, 0.25) is 0 Å². The lowest BCUT2D eigenvalue weighted by molar-refractivity contribution is 0.428. The molecule has 17 heavy (non-hydrogen) atoms. The maximum Gasteiger partial charge on any atom is 0.134 e. The molecule has 0 saturated heterocycles. The van der Waals surface area contributed by atoms with Gasteiger partial charge in [-0.2, -0.15) is 0 Å². The maximum atomic E-state index is 4.77. The fourth-order valence-electron chi connectivity index (χ4n) is 2.94. The third kappa shape index (κ3) is 2.02. The number of aromatic nitrogens is 2. The molecule has 3 rings (SSSR count). The van der Waals surface area contributed by atoms with Crippen LogP contribution in [-0.2, 0) is 13.1 Å². The Labute approximate surface area is 102 Å². The van der Waals surface area contributed by atoms with Crippen LogP contribution in [0.3, 0.4) is 0 Å². The topological polar surface area (TPSA) is 49.8 Å². The lowest BCUT2D eigenvalue weighted by Crippen LogP contribution is -2.12. The predicted octanol–water partition coefficient (Wildman–Crippen LogP) is 2.17. The van der Waals surface area contributed by atoms with Gasteiger partial charge in [0.05, 0.1) is 5.69 Å².